The zero-order chi connectivity index (χ0) is 45.1. The summed E-state index contributed by atoms with van der Waals surface area (Å²) in [6, 6.07) is 0. The lowest BCUT2D eigenvalue weighted by molar-refractivity contribution is -0.167. The minimum Gasteiger partial charge on any atom is -0.462 e. The molecule has 0 aromatic rings. The molecule has 0 saturated heterocycles. The van der Waals surface area contributed by atoms with Crippen molar-refractivity contribution < 1.29 is 28.6 Å². The first-order valence-electron chi connectivity index (χ1n) is 26.6. The molecule has 0 aliphatic rings. The first-order chi connectivity index (χ1) is 30.5. The van der Waals surface area contributed by atoms with Gasteiger partial charge in [-0.25, -0.2) is 0 Å². The minimum absolute atomic E-state index is 0.0861. The highest BCUT2D eigenvalue weighted by atomic mass is 16.6. The molecule has 0 aliphatic carbocycles. The van der Waals surface area contributed by atoms with Crippen molar-refractivity contribution in [2.75, 3.05) is 13.2 Å². The highest BCUT2D eigenvalue weighted by Crippen LogP contribution is 2.16. The van der Waals surface area contributed by atoms with E-state index in [9.17, 15) is 14.4 Å². The fourth-order valence-electron chi connectivity index (χ4n) is 7.55. The van der Waals surface area contributed by atoms with Crippen LogP contribution in [0, 0.1) is 0 Å². The van der Waals surface area contributed by atoms with Gasteiger partial charge in [0.15, 0.2) is 6.10 Å². The summed E-state index contributed by atoms with van der Waals surface area (Å²) in [5.41, 5.74) is 0. The van der Waals surface area contributed by atoms with Gasteiger partial charge in [0.1, 0.15) is 13.2 Å². The van der Waals surface area contributed by atoms with E-state index in [1.807, 2.05) is 0 Å². The van der Waals surface area contributed by atoms with Crippen LogP contribution >= 0.6 is 0 Å². The van der Waals surface area contributed by atoms with Crippen molar-refractivity contribution in [2.45, 2.75) is 277 Å². The van der Waals surface area contributed by atoms with Crippen molar-refractivity contribution in [3.8, 4) is 0 Å². The molecule has 0 N–H and O–H groups in total. The smallest absolute Gasteiger partial charge is 0.306 e. The van der Waals surface area contributed by atoms with E-state index < -0.39 is 6.10 Å². The number of unbranched alkanes of at least 4 members (excludes halogenated alkanes) is 29. The second-order valence-electron chi connectivity index (χ2n) is 17.8. The van der Waals surface area contributed by atoms with Crippen LogP contribution < -0.4 is 0 Å². The molecular weight excluding hydrogens is 769 g/mol. The molecule has 0 spiro atoms. The minimum atomic E-state index is -0.790. The molecule has 0 amide bonds. The maximum Gasteiger partial charge on any atom is 0.306 e. The van der Waals surface area contributed by atoms with Crippen molar-refractivity contribution in [3.05, 3.63) is 48.6 Å². The van der Waals surface area contributed by atoms with Gasteiger partial charge in [0.25, 0.3) is 0 Å². The predicted molar refractivity (Wildman–Crippen MR) is 265 cm³/mol. The average Bonchev–Trinajstić information content (AvgIpc) is 3.27. The summed E-state index contributed by atoms with van der Waals surface area (Å²) in [5.74, 6) is -0.934. The molecular formula is C56H100O6. The fourth-order valence-corrected chi connectivity index (χ4v) is 7.55. The van der Waals surface area contributed by atoms with Gasteiger partial charge in [0, 0.05) is 19.3 Å². The van der Waals surface area contributed by atoms with Crippen molar-refractivity contribution in [1.82, 2.24) is 0 Å². The summed E-state index contributed by atoms with van der Waals surface area (Å²) < 4.78 is 16.8. The lowest BCUT2D eigenvalue weighted by Gasteiger charge is -2.18. The third-order valence-corrected chi connectivity index (χ3v) is 11.6. The molecule has 62 heavy (non-hydrogen) atoms. The molecule has 0 rings (SSSR count). The van der Waals surface area contributed by atoms with Gasteiger partial charge in [-0.05, 0) is 57.8 Å². The van der Waals surface area contributed by atoms with Crippen LogP contribution in [0.5, 0.6) is 0 Å². The lowest BCUT2D eigenvalue weighted by atomic mass is 10.0. The molecule has 0 saturated carbocycles. The van der Waals surface area contributed by atoms with Crippen LogP contribution in [0.3, 0.4) is 0 Å². The summed E-state index contributed by atoms with van der Waals surface area (Å²) in [5, 5.41) is 0. The van der Waals surface area contributed by atoms with Crippen LogP contribution in [-0.2, 0) is 28.6 Å². The summed E-state index contributed by atoms with van der Waals surface area (Å²) in [6.07, 6.45) is 60.9. The molecule has 0 aliphatic heterocycles. The number of carbonyl (C=O) groups excluding carboxylic acids is 3. The van der Waals surface area contributed by atoms with Gasteiger partial charge < -0.3 is 14.2 Å². The average molecular weight is 869 g/mol. The largest absolute Gasteiger partial charge is 0.462 e. The van der Waals surface area contributed by atoms with Crippen molar-refractivity contribution in [3.63, 3.8) is 0 Å². The van der Waals surface area contributed by atoms with Crippen LogP contribution in [-0.4, -0.2) is 37.2 Å². The molecule has 0 fully saturated rings. The number of ether oxygens (including phenoxy) is 3. The van der Waals surface area contributed by atoms with Crippen LogP contribution in [0.4, 0.5) is 0 Å². The Kier molecular flexibility index (Phi) is 48.8. The van der Waals surface area contributed by atoms with Gasteiger partial charge in [-0.3, -0.25) is 14.4 Å². The number of carbonyl (C=O) groups is 3. The maximum absolute atomic E-state index is 12.8. The van der Waals surface area contributed by atoms with Gasteiger partial charge in [0.05, 0.1) is 0 Å². The van der Waals surface area contributed by atoms with Crippen molar-refractivity contribution in [2.24, 2.45) is 0 Å². The molecule has 0 radical (unpaired) electrons. The van der Waals surface area contributed by atoms with E-state index >= 15 is 0 Å². The third-order valence-electron chi connectivity index (χ3n) is 11.6. The zero-order valence-electron chi connectivity index (χ0n) is 41.1. The zero-order valence-corrected chi connectivity index (χ0v) is 41.1. The van der Waals surface area contributed by atoms with Gasteiger partial charge >= 0.3 is 17.9 Å². The Morgan fingerprint density at radius 2 is 0.597 bits per heavy atom. The van der Waals surface area contributed by atoms with Gasteiger partial charge in [0.2, 0.25) is 0 Å². The first-order valence-corrected chi connectivity index (χ1v) is 26.6. The SMILES string of the molecule is CCCCC/C=C\C/C=C\C/C=C\C/C=C\CCCC(=O)OC[C@@H](COC(=O)CCCCCCCCCCCCCCC)OC(=O)CCCCCCCCCCCCCCCC. The molecule has 0 aromatic carbocycles. The summed E-state index contributed by atoms with van der Waals surface area (Å²) >= 11 is 0. The Labute approximate surface area is 384 Å². The van der Waals surface area contributed by atoms with E-state index in [0.29, 0.717) is 19.3 Å². The van der Waals surface area contributed by atoms with E-state index in [1.54, 1.807) is 0 Å². The Morgan fingerprint density at radius 1 is 0.323 bits per heavy atom. The normalized spacial score (nSPS) is 12.4. The van der Waals surface area contributed by atoms with E-state index in [1.165, 1.54) is 161 Å². The summed E-state index contributed by atoms with van der Waals surface area (Å²) in [6.45, 7) is 6.58. The quantitative estimate of drug-likeness (QED) is 0.0262. The van der Waals surface area contributed by atoms with Crippen LogP contribution in [0.1, 0.15) is 271 Å². The molecule has 6 nitrogen and oxygen atoms in total. The number of esters is 3. The Hall–Kier alpha value is -2.63. The second-order valence-corrected chi connectivity index (χ2v) is 17.8. The predicted octanol–water partition coefficient (Wildman–Crippen LogP) is 17.5. The molecule has 6 heteroatoms. The van der Waals surface area contributed by atoms with E-state index in [2.05, 4.69) is 69.4 Å². The number of rotatable bonds is 48. The highest BCUT2D eigenvalue weighted by Gasteiger charge is 2.19. The van der Waals surface area contributed by atoms with Gasteiger partial charge in [-0.15, -0.1) is 0 Å². The van der Waals surface area contributed by atoms with Crippen molar-refractivity contribution >= 4 is 17.9 Å². The molecule has 0 unspecified atom stereocenters. The standard InChI is InChI=1S/C56H100O6/c1-4-7-10-13-16-19-22-25-27-28-29-32-34-37-40-43-46-49-55(58)61-52-53(51-60-54(57)48-45-42-39-36-33-30-24-21-18-15-12-9-6-3)62-56(59)50-47-44-41-38-35-31-26-23-20-17-14-11-8-5-2/h16,19,25,27,29,32,37,40,53H,4-15,17-18,20-24,26,28,30-31,33-36,38-39,41-52H2,1-3H3/b19-16-,27-25-,32-29-,40-37-/t53-/m1/s1. The Balaban J connectivity index is 4.43. The first kappa shape index (κ1) is 59.4. The number of hydrogen-bond acceptors (Lipinski definition) is 6. The number of allylic oxidation sites excluding steroid dienone is 8. The third kappa shape index (κ3) is 48.4. The number of hydrogen-bond donors (Lipinski definition) is 0. The lowest BCUT2D eigenvalue weighted by Crippen LogP contribution is -2.30. The summed E-state index contributed by atoms with van der Waals surface area (Å²) in [4.78, 5) is 38.0. The topological polar surface area (TPSA) is 78.9 Å². The monoisotopic (exact) mass is 869 g/mol. The van der Waals surface area contributed by atoms with Gasteiger partial charge in [-0.2, -0.15) is 0 Å². The van der Waals surface area contributed by atoms with Crippen LogP contribution in [0.25, 0.3) is 0 Å². The fraction of sp³-hybridized carbons (Fsp3) is 0.804. The highest BCUT2D eigenvalue weighted by molar-refractivity contribution is 5.71. The second kappa shape index (κ2) is 51.0. The molecule has 0 heterocycles. The molecule has 0 bridgehead atoms. The van der Waals surface area contributed by atoms with E-state index in [0.717, 1.165) is 64.2 Å². The van der Waals surface area contributed by atoms with Gasteiger partial charge in [-0.1, -0.05) is 243 Å². The summed E-state index contributed by atoms with van der Waals surface area (Å²) in [7, 11) is 0. The van der Waals surface area contributed by atoms with E-state index in [-0.39, 0.29) is 37.5 Å². The van der Waals surface area contributed by atoms with Crippen LogP contribution in [0.15, 0.2) is 48.6 Å². The van der Waals surface area contributed by atoms with Crippen LogP contribution in [0.2, 0.25) is 0 Å². The molecule has 1 atom stereocenters. The molecule has 0 aromatic heterocycles. The molecule has 360 valence electrons. The maximum atomic E-state index is 12.8. The van der Waals surface area contributed by atoms with E-state index in [4.69, 9.17) is 14.2 Å². The Bertz CT molecular complexity index is 1090. The van der Waals surface area contributed by atoms with Crippen molar-refractivity contribution in [1.29, 1.82) is 0 Å². The Morgan fingerprint density at radius 3 is 0.968 bits per heavy atom.